The highest BCUT2D eigenvalue weighted by Gasteiger charge is 2.15. The molecule has 0 atom stereocenters. The van der Waals surface area contributed by atoms with Crippen LogP contribution >= 0.6 is 11.3 Å². The van der Waals surface area contributed by atoms with E-state index < -0.39 is 0 Å². The number of hydrogen-bond donors (Lipinski definition) is 2. The molecule has 0 saturated heterocycles. The van der Waals surface area contributed by atoms with Crippen molar-refractivity contribution < 1.29 is 15.0 Å². The molecule has 0 unspecified atom stereocenters. The molecule has 1 amide bonds. The quantitative estimate of drug-likeness (QED) is 0.758. The topological polar surface area (TPSA) is 78.1 Å². The average Bonchev–Trinajstić information content (AvgIpc) is 2.89. The number of hydrogen-bond acceptors (Lipinski definition) is 5. The average molecular weight is 269 g/mol. The van der Waals surface area contributed by atoms with Gasteiger partial charge in [-0.2, -0.15) is 0 Å². The number of nitrogens with zero attached hydrogens (tertiary/aromatic N) is 3. The molecule has 0 aliphatic heterocycles. The minimum absolute atomic E-state index is 0.107. The van der Waals surface area contributed by atoms with Crippen LogP contribution in [0.1, 0.15) is 5.69 Å². The van der Waals surface area contributed by atoms with E-state index in [9.17, 15) is 4.79 Å². The van der Waals surface area contributed by atoms with Crippen molar-refractivity contribution in [1.82, 2.24) is 14.3 Å². The van der Waals surface area contributed by atoms with Gasteiger partial charge in [-0.25, -0.2) is 4.98 Å². The van der Waals surface area contributed by atoms with Crippen molar-refractivity contribution in [2.24, 2.45) is 0 Å². The lowest BCUT2D eigenvalue weighted by Crippen LogP contribution is -2.36. The molecule has 0 bridgehead atoms. The number of amides is 1. The summed E-state index contributed by atoms with van der Waals surface area (Å²) >= 11 is 1.51. The van der Waals surface area contributed by atoms with E-state index >= 15 is 0 Å². The molecule has 2 N–H and O–H groups in total. The van der Waals surface area contributed by atoms with Gasteiger partial charge in [-0.3, -0.25) is 9.20 Å². The SMILES string of the molecule is O=C(Cc1cn2ccsc2n1)N(CCO)CCO. The molecule has 2 aromatic heterocycles. The van der Waals surface area contributed by atoms with Gasteiger partial charge in [0, 0.05) is 30.9 Å². The number of thiazole rings is 1. The largest absolute Gasteiger partial charge is 0.395 e. The Morgan fingerprint density at radius 1 is 1.39 bits per heavy atom. The summed E-state index contributed by atoms with van der Waals surface area (Å²) in [5, 5.41) is 19.7. The molecular formula is C11H15N3O3S. The zero-order valence-corrected chi connectivity index (χ0v) is 10.6. The van der Waals surface area contributed by atoms with Crippen LogP contribution < -0.4 is 0 Å². The molecule has 0 aromatic carbocycles. The van der Waals surface area contributed by atoms with Crippen LogP contribution in [0.3, 0.4) is 0 Å². The summed E-state index contributed by atoms with van der Waals surface area (Å²) < 4.78 is 1.87. The van der Waals surface area contributed by atoms with Crippen LogP contribution in [0, 0.1) is 0 Å². The minimum Gasteiger partial charge on any atom is -0.395 e. The number of aromatic nitrogens is 2. The molecule has 2 rings (SSSR count). The van der Waals surface area contributed by atoms with Crippen LogP contribution in [0.2, 0.25) is 0 Å². The molecule has 98 valence electrons. The van der Waals surface area contributed by atoms with E-state index in [4.69, 9.17) is 10.2 Å². The van der Waals surface area contributed by atoms with Gasteiger partial charge in [0.05, 0.1) is 25.3 Å². The van der Waals surface area contributed by atoms with E-state index in [-0.39, 0.29) is 38.6 Å². The van der Waals surface area contributed by atoms with Gasteiger partial charge in [-0.1, -0.05) is 0 Å². The Kier molecular flexibility index (Phi) is 4.29. The van der Waals surface area contributed by atoms with Crippen LogP contribution in [0.25, 0.3) is 4.96 Å². The Labute approximate surface area is 108 Å². The summed E-state index contributed by atoms with van der Waals surface area (Å²) in [4.78, 5) is 18.6. The van der Waals surface area contributed by atoms with E-state index in [1.807, 2.05) is 22.2 Å². The molecular weight excluding hydrogens is 254 g/mol. The standard InChI is InChI=1S/C11H15N3O3S/c15-4-1-13(2-5-16)10(17)7-9-8-14-3-6-18-11(14)12-9/h3,6,8,15-16H,1-2,4-5,7H2. The third kappa shape index (κ3) is 2.87. The molecule has 2 heterocycles. The summed E-state index contributed by atoms with van der Waals surface area (Å²) in [6, 6.07) is 0. The monoisotopic (exact) mass is 269 g/mol. The van der Waals surface area contributed by atoms with Crippen LogP contribution in [-0.4, -0.2) is 56.7 Å². The van der Waals surface area contributed by atoms with Crippen molar-refractivity contribution in [3.63, 3.8) is 0 Å². The molecule has 6 nitrogen and oxygen atoms in total. The first-order valence-corrected chi connectivity index (χ1v) is 6.53. The number of fused-ring (bicyclic) bond motifs is 1. The predicted octanol–water partition coefficient (Wildman–Crippen LogP) is -0.249. The number of aliphatic hydroxyl groups is 2. The van der Waals surface area contributed by atoms with Gasteiger partial charge >= 0.3 is 0 Å². The number of imidazole rings is 1. The van der Waals surface area contributed by atoms with Crippen molar-refractivity contribution in [2.75, 3.05) is 26.3 Å². The fourth-order valence-electron chi connectivity index (χ4n) is 1.73. The molecule has 0 aliphatic carbocycles. The number of carbonyl (C=O) groups is 1. The zero-order chi connectivity index (χ0) is 13.0. The first-order valence-electron chi connectivity index (χ1n) is 5.65. The van der Waals surface area contributed by atoms with Crippen molar-refractivity contribution in [1.29, 1.82) is 0 Å². The van der Waals surface area contributed by atoms with E-state index in [1.54, 1.807) is 0 Å². The lowest BCUT2D eigenvalue weighted by atomic mass is 10.3. The molecule has 0 spiro atoms. The van der Waals surface area contributed by atoms with Gasteiger partial charge in [0.25, 0.3) is 0 Å². The lowest BCUT2D eigenvalue weighted by Gasteiger charge is -2.19. The Hall–Kier alpha value is -1.44. The van der Waals surface area contributed by atoms with E-state index in [0.717, 1.165) is 4.96 Å². The van der Waals surface area contributed by atoms with Gasteiger partial charge in [-0.05, 0) is 0 Å². The molecule has 0 radical (unpaired) electrons. The molecule has 0 fully saturated rings. The Morgan fingerprint density at radius 2 is 2.11 bits per heavy atom. The van der Waals surface area contributed by atoms with Crippen LogP contribution in [0.4, 0.5) is 0 Å². The van der Waals surface area contributed by atoms with Crippen LogP contribution in [0.5, 0.6) is 0 Å². The van der Waals surface area contributed by atoms with E-state index in [1.165, 1.54) is 16.2 Å². The number of aliphatic hydroxyl groups excluding tert-OH is 2. The third-order valence-corrected chi connectivity index (χ3v) is 3.34. The van der Waals surface area contributed by atoms with Crippen molar-refractivity contribution in [3.05, 3.63) is 23.5 Å². The lowest BCUT2D eigenvalue weighted by molar-refractivity contribution is -0.131. The summed E-state index contributed by atoms with van der Waals surface area (Å²) in [6.45, 7) is 0.261. The highest BCUT2D eigenvalue weighted by Crippen LogP contribution is 2.12. The Bertz CT molecular complexity index is 488. The first kappa shape index (κ1) is 13.0. The summed E-state index contributed by atoms with van der Waals surface area (Å²) in [5.74, 6) is -0.135. The summed E-state index contributed by atoms with van der Waals surface area (Å²) in [6.07, 6.45) is 3.90. The second-order valence-corrected chi connectivity index (χ2v) is 4.70. The maximum Gasteiger partial charge on any atom is 0.228 e. The van der Waals surface area contributed by atoms with Gasteiger partial charge in [0.15, 0.2) is 4.96 Å². The fraction of sp³-hybridized carbons (Fsp3) is 0.455. The molecule has 18 heavy (non-hydrogen) atoms. The van der Waals surface area contributed by atoms with Gasteiger partial charge in [-0.15, -0.1) is 11.3 Å². The van der Waals surface area contributed by atoms with E-state index in [0.29, 0.717) is 5.69 Å². The number of carbonyl (C=O) groups excluding carboxylic acids is 1. The van der Waals surface area contributed by atoms with Gasteiger partial charge < -0.3 is 15.1 Å². The van der Waals surface area contributed by atoms with Crippen LogP contribution in [-0.2, 0) is 11.2 Å². The molecule has 7 heteroatoms. The molecule has 2 aromatic rings. The van der Waals surface area contributed by atoms with Crippen LogP contribution in [0.15, 0.2) is 17.8 Å². The Morgan fingerprint density at radius 3 is 2.72 bits per heavy atom. The highest BCUT2D eigenvalue weighted by atomic mass is 32.1. The summed E-state index contributed by atoms with van der Waals surface area (Å²) in [7, 11) is 0. The minimum atomic E-state index is -0.135. The first-order chi connectivity index (χ1) is 8.74. The second kappa shape index (κ2) is 5.94. The number of rotatable bonds is 6. The third-order valence-electron chi connectivity index (χ3n) is 2.57. The predicted molar refractivity (Wildman–Crippen MR) is 67.5 cm³/mol. The van der Waals surface area contributed by atoms with E-state index in [2.05, 4.69) is 4.98 Å². The highest BCUT2D eigenvalue weighted by molar-refractivity contribution is 7.15. The second-order valence-electron chi connectivity index (χ2n) is 3.83. The molecule has 0 saturated carbocycles. The van der Waals surface area contributed by atoms with Gasteiger partial charge in [0.1, 0.15) is 0 Å². The smallest absolute Gasteiger partial charge is 0.228 e. The molecule has 0 aliphatic rings. The maximum absolute atomic E-state index is 11.9. The fourth-order valence-corrected chi connectivity index (χ4v) is 2.45. The zero-order valence-electron chi connectivity index (χ0n) is 9.82. The van der Waals surface area contributed by atoms with Crippen molar-refractivity contribution >= 4 is 22.2 Å². The maximum atomic E-state index is 11.9. The normalized spacial score (nSPS) is 11.0. The Balaban J connectivity index is 2.02. The summed E-state index contributed by atoms with van der Waals surface area (Å²) in [5.41, 5.74) is 0.702. The van der Waals surface area contributed by atoms with Crippen molar-refractivity contribution in [3.8, 4) is 0 Å². The van der Waals surface area contributed by atoms with Gasteiger partial charge in [0.2, 0.25) is 5.91 Å². The van der Waals surface area contributed by atoms with Crippen molar-refractivity contribution in [2.45, 2.75) is 6.42 Å².